The summed E-state index contributed by atoms with van der Waals surface area (Å²) >= 11 is 0. The molecule has 272 valence electrons. The Labute approximate surface area is 304 Å². The Morgan fingerprint density at radius 2 is 1.33 bits per heavy atom. The molecule has 0 aromatic heterocycles. The number of carbonyl (C=O) groups excluding carboxylic acids is 2. The topological polar surface area (TPSA) is 92.3 Å². The zero-order valence-corrected chi connectivity index (χ0v) is 32.3. The van der Waals surface area contributed by atoms with Gasteiger partial charge in [-0.2, -0.15) is 0 Å². The van der Waals surface area contributed by atoms with Crippen LogP contribution in [0.4, 0.5) is 10.5 Å². The van der Waals surface area contributed by atoms with Crippen molar-refractivity contribution in [3.8, 4) is 11.5 Å². The van der Waals surface area contributed by atoms with E-state index in [9.17, 15) is 9.59 Å². The summed E-state index contributed by atoms with van der Waals surface area (Å²) in [5.74, 6) is 0.833. The number of nitrogens with one attached hydrogen (secondary N) is 1. The molecule has 0 saturated heterocycles. The molecule has 1 amide bonds. The smallest absolute Gasteiger partial charge is 0.412 e. The van der Waals surface area contributed by atoms with E-state index < -0.39 is 26.0 Å². The second-order valence-corrected chi connectivity index (χ2v) is 19.9. The van der Waals surface area contributed by atoms with E-state index in [-0.39, 0.29) is 11.6 Å². The SMILES string of the molecule is CC(C)(C)OC(=O)Nc1ccc(C(=O)OCc2ccccc2)c(CCCOc2ccc(CO[Si](C)(C)C(C)(C)C)cc2OCc2ccccc2)c1. The molecule has 4 aromatic rings. The second kappa shape index (κ2) is 17.6. The van der Waals surface area contributed by atoms with E-state index in [0.717, 1.165) is 22.3 Å². The van der Waals surface area contributed by atoms with Crippen LogP contribution in [-0.4, -0.2) is 32.6 Å². The van der Waals surface area contributed by atoms with Gasteiger partial charge in [-0.3, -0.25) is 5.32 Å². The normalized spacial score (nSPS) is 11.8. The van der Waals surface area contributed by atoms with Gasteiger partial charge in [0.25, 0.3) is 0 Å². The molecule has 0 bridgehead atoms. The standard InChI is InChI=1S/C42H53NO7Si/c1-41(2,3)50-40(45)43-35-22-23-36(39(44)48-29-32-18-13-10-14-19-32)34(27-35)20-15-25-46-37-24-21-33(30-49-51(7,8)42(4,5)6)26-38(37)47-28-31-16-11-9-12-17-31/h9-14,16-19,21-24,26-27H,15,20,25,28-30H2,1-8H3,(H,43,45). The zero-order valence-electron chi connectivity index (χ0n) is 31.3. The minimum Gasteiger partial charge on any atom is -0.490 e. The molecular weight excluding hydrogens is 659 g/mol. The third-order valence-corrected chi connectivity index (χ3v) is 13.2. The third-order valence-electron chi connectivity index (χ3n) is 8.68. The number of aryl methyl sites for hydroxylation is 1. The van der Waals surface area contributed by atoms with Crippen molar-refractivity contribution in [2.75, 3.05) is 11.9 Å². The molecule has 0 aliphatic heterocycles. The lowest BCUT2D eigenvalue weighted by Gasteiger charge is -2.36. The van der Waals surface area contributed by atoms with E-state index >= 15 is 0 Å². The van der Waals surface area contributed by atoms with Crippen LogP contribution >= 0.6 is 0 Å². The molecule has 51 heavy (non-hydrogen) atoms. The first-order valence-electron chi connectivity index (χ1n) is 17.5. The number of anilines is 1. The molecule has 0 radical (unpaired) electrons. The largest absolute Gasteiger partial charge is 0.490 e. The summed E-state index contributed by atoms with van der Waals surface area (Å²) in [7, 11) is -1.94. The summed E-state index contributed by atoms with van der Waals surface area (Å²) in [5, 5.41) is 2.88. The lowest BCUT2D eigenvalue weighted by molar-refractivity contribution is 0.0471. The third kappa shape index (κ3) is 12.6. The van der Waals surface area contributed by atoms with E-state index in [1.807, 2.05) is 78.9 Å². The average molecular weight is 712 g/mol. The van der Waals surface area contributed by atoms with Gasteiger partial charge in [-0.25, -0.2) is 9.59 Å². The fourth-order valence-corrected chi connectivity index (χ4v) is 5.79. The minimum atomic E-state index is -1.94. The molecule has 0 unspecified atom stereocenters. The maximum Gasteiger partial charge on any atom is 0.412 e. The van der Waals surface area contributed by atoms with Crippen LogP contribution in [0.15, 0.2) is 97.1 Å². The first-order chi connectivity index (χ1) is 24.1. The molecule has 0 fully saturated rings. The second-order valence-electron chi connectivity index (χ2n) is 15.1. The lowest BCUT2D eigenvalue weighted by atomic mass is 10.0. The molecule has 4 aromatic carbocycles. The molecule has 0 aliphatic carbocycles. The van der Waals surface area contributed by atoms with Crippen LogP contribution < -0.4 is 14.8 Å². The zero-order chi connectivity index (χ0) is 37.1. The number of carbonyl (C=O) groups is 2. The molecule has 4 rings (SSSR count). The number of benzene rings is 4. The van der Waals surface area contributed by atoms with Gasteiger partial charge in [0.1, 0.15) is 18.8 Å². The first kappa shape index (κ1) is 39.2. The monoisotopic (exact) mass is 711 g/mol. The molecule has 0 spiro atoms. The average Bonchev–Trinajstić information content (AvgIpc) is 3.07. The van der Waals surface area contributed by atoms with E-state index in [4.69, 9.17) is 23.4 Å². The van der Waals surface area contributed by atoms with E-state index in [1.54, 1.807) is 39.0 Å². The van der Waals surface area contributed by atoms with Gasteiger partial charge >= 0.3 is 12.1 Å². The Hall–Kier alpha value is -4.60. The van der Waals surface area contributed by atoms with Crippen LogP contribution in [0, 0.1) is 0 Å². The molecule has 0 atom stereocenters. The molecular formula is C42H53NO7Si. The Bertz CT molecular complexity index is 1730. The maximum absolute atomic E-state index is 13.3. The van der Waals surface area contributed by atoms with Crippen LogP contribution in [-0.2, 0) is 40.1 Å². The molecule has 0 aliphatic rings. The summed E-state index contributed by atoms with van der Waals surface area (Å²) in [6.45, 7) is 18.0. The van der Waals surface area contributed by atoms with Gasteiger partial charge in [0.2, 0.25) is 0 Å². The number of hydrogen-bond acceptors (Lipinski definition) is 7. The Balaban J connectivity index is 1.47. The van der Waals surface area contributed by atoms with Gasteiger partial charge in [-0.05, 0) is 104 Å². The van der Waals surface area contributed by atoms with Crippen molar-refractivity contribution in [2.24, 2.45) is 0 Å². The Morgan fingerprint density at radius 1 is 0.686 bits per heavy atom. The van der Waals surface area contributed by atoms with Crippen molar-refractivity contribution in [1.29, 1.82) is 0 Å². The van der Waals surface area contributed by atoms with Crippen LogP contribution in [0.3, 0.4) is 0 Å². The maximum atomic E-state index is 13.3. The van der Waals surface area contributed by atoms with Crippen molar-refractivity contribution < 1.29 is 33.0 Å². The Kier molecular flexibility index (Phi) is 13.5. The fraction of sp³-hybridized carbons (Fsp3) is 0.381. The summed E-state index contributed by atoms with van der Waals surface area (Å²) < 4.78 is 30.2. The van der Waals surface area contributed by atoms with Gasteiger partial charge in [-0.1, -0.05) is 87.5 Å². The van der Waals surface area contributed by atoms with E-state index in [1.165, 1.54) is 0 Å². The summed E-state index contributed by atoms with van der Waals surface area (Å²) in [6.07, 6.45) is 0.513. The van der Waals surface area contributed by atoms with Crippen LogP contribution in [0.2, 0.25) is 18.1 Å². The number of esters is 1. The van der Waals surface area contributed by atoms with Crippen molar-refractivity contribution in [3.05, 3.63) is 125 Å². The number of rotatable bonds is 15. The summed E-state index contributed by atoms with van der Waals surface area (Å²) in [6, 6.07) is 30.6. The summed E-state index contributed by atoms with van der Waals surface area (Å²) in [4.78, 5) is 25.8. The summed E-state index contributed by atoms with van der Waals surface area (Å²) in [5.41, 5.74) is 3.99. The predicted molar refractivity (Wildman–Crippen MR) is 205 cm³/mol. The highest BCUT2D eigenvalue weighted by atomic mass is 28.4. The Morgan fingerprint density at radius 3 is 1.96 bits per heavy atom. The minimum absolute atomic E-state index is 0.104. The van der Waals surface area contributed by atoms with E-state index in [0.29, 0.717) is 55.4 Å². The highest BCUT2D eigenvalue weighted by molar-refractivity contribution is 6.74. The fourth-order valence-electron chi connectivity index (χ4n) is 4.83. The number of amides is 1. The van der Waals surface area contributed by atoms with Crippen LogP contribution in [0.1, 0.15) is 80.6 Å². The van der Waals surface area contributed by atoms with Gasteiger partial charge in [0.15, 0.2) is 19.8 Å². The van der Waals surface area contributed by atoms with E-state index in [2.05, 4.69) is 39.2 Å². The lowest BCUT2D eigenvalue weighted by Crippen LogP contribution is -2.40. The van der Waals surface area contributed by atoms with Gasteiger partial charge in [-0.15, -0.1) is 0 Å². The van der Waals surface area contributed by atoms with Crippen LogP contribution in [0.25, 0.3) is 0 Å². The van der Waals surface area contributed by atoms with Gasteiger partial charge in [0, 0.05) is 5.69 Å². The van der Waals surface area contributed by atoms with Gasteiger partial charge < -0.3 is 23.4 Å². The number of ether oxygens (including phenoxy) is 4. The molecule has 1 N–H and O–H groups in total. The molecule has 8 nitrogen and oxygen atoms in total. The highest BCUT2D eigenvalue weighted by Gasteiger charge is 2.37. The van der Waals surface area contributed by atoms with Crippen molar-refractivity contribution >= 4 is 26.1 Å². The quantitative estimate of drug-likeness (QED) is 0.0745. The predicted octanol–water partition coefficient (Wildman–Crippen LogP) is 10.5. The van der Waals surface area contributed by atoms with Crippen molar-refractivity contribution in [3.63, 3.8) is 0 Å². The van der Waals surface area contributed by atoms with Crippen molar-refractivity contribution in [2.45, 2.75) is 97.9 Å². The molecule has 0 heterocycles. The highest BCUT2D eigenvalue weighted by Crippen LogP contribution is 2.38. The van der Waals surface area contributed by atoms with Gasteiger partial charge in [0.05, 0.1) is 18.8 Å². The van der Waals surface area contributed by atoms with Crippen molar-refractivity contribution in [1.82, 2.24) is 0 Å². The molecule has 0 saturated carbocycles. The van der Waals surface area contributed by atoms with Crippen LogP contribution in [0.5, 0.6) is 11.5 Å². The first-order valence-corrected chi connectivity index (χ1v) is 20.4. The number of hydrogen-bond donors (Lipinski definition) is 1. The molecule has 9 heteroatoms.